The lowest BCUT2D eigenvalue weighted by Gasteiger charge is -2.34. The number of carbonyl (C=O) groups is 1. The molecule has 1 amide bonds. The predicted octanol–water partition coefficient (Wildman–Crippen LogP) is 2.78. The Kier molecular flexibility index (Phi) is 4.87. The number of piperazine rings is 1. The van der Waals surface area contributed by atoms with Crippen LogP contribution in [0.15, 0.2) is 18.2 Å². The second kappa shape index (κ2) is 6.91. The lowest BCUT2D eigenvalue weighted by atomic mass is 10.1. The Balaban J connectivity index is 1.59. The van der Waals surface area contributed by atoms with Gasteiger partial charge in [0.05, 0.1) is 0 Å². The molecule has 1 aliphatic rings. The SMILES string of the molecule is Cc1[nH]nc(C(=O)N2CCN(Cc3ccc(F)cc3Cl)CC2)c1C. The molecular weight excluding hydrogens is 331 g/mol. The molecule has 7 heteroatoms. The average Bonchev–Trinajstić information content (AvgIpc) is 2.90. The Bertz CT molecular complexity index is 753. The molecule has 1 aliphatic heterocycles. The normalized spacial score (nSPS) is 15.8. The summed E-state index contributed by atoms with van der Waals surface area (Å²) in [7, 11) is 0. The van der Waals surface area contributed by atoms with E-state index in [2.05, 4.69) is 15.1 Å². The molecule has 0 bridgehead atoms. The highest BCUT2D eigenvalue weighted by molar-refractivity contribution is 6.31. The molecule has 0 radical (unpaired) electrons. The predicted molar refractivity (Wildman–Crippen MR) is 90.7 cm³/mol. The van der Waals surface area contributed by atoms with Crippen molar-refractivity contribution in [1.82, 2.24) is 20.0 Å². The van der Waals surface area contributed by atoms with Crippen molar-refractivity contribution in [2.45, 2.75) is 20.4 Å². The number of nitrogens with one attached hydrogen (secondary N) is 1. The fourth-order valence-corrected chi connectivity index (χ4v) is 3.07. The zero-order valence-corrected chi connectivity index (χ0v) is 14.5. The standard InChI is InChI=1S/C17H20ClFN4O/c1-11-12(2)20-21-16(11)17(24)23-7-5-22(6-8-23)10-13-3-4-14(19)9-15(13)18/h3-4,9H,5-8,10H2,1-2H3,(H,20,21). The van der Waals surface area contributed by atoms with Crippen LogP contribution in [0.25, 0.3) is 0 Å². The highest BCUT2D eigenvalue weighted by Gasteiger charge is 2.25. The topological polar surface area (TPSA) is 52.2 Å². The molecule has 1 aromatic heterocycles. The van der Waals surface area contributed by atoms with Crippen molar-refractivity contribution < 1.29 is 9.18 Å². The van der Waals surface area contributed by atoms with Gasteiger partial charge in [-0.3, -0.25) is 14.8 Å². The number of hydrogen-bond acceptors (Lipinski definition) is 3. The van der Waals surface area contributed by atoms with E-state index in [1.165, 1.54) is 12.1 Å². The molecule has 0 aliphatic carbocycles. The molecule has 1 aromatic carbocycles. The van der Waals surface area contributed by atoms with Crippen LogP contribution in [0.1, 0.15) is 27.3 Å². The summed E-state index contributed by atoms with van der Waals surface area (Å²) in [5.41, 5.74) is 3.22. The van der Waals surface area contributed by atoms with Crippen molar-refractivity contribution in [3.63, 3.8) is 0 Å². The van der Waals surface area contributed by atoms with Crippen LogP contribution in [0, 0.1) is 19.7 Å². The van der Waals surface area contributed by atoms with E-state index in [1.807, 2.05) is 18.7 Å². The van der Waals surface area contributed by atoms with E-state index in [4.69, 9.17) is 11.6 Å². The van der Waals surface area contributed by atoms with E-state index in [1.54, 1.807) is 6.07 Å². The number of aryl methyl sites for hydroxylation is 1. The van der Waals surface area contributed by atoms with Crippen LogP contribution in [0.3, 0.4) is 0 Å². The van der Waals surface area contributed by atoms with Crippen molar-refractivity contribution >= 4 is 17.5 Å². The van der Waals surface area contributed by atoms with E-state index in [-0.39, 0.29) is 11.7 Å². The third kappa shape index (κ3) is 3.44. The number of halogens is 2. The molecule has 3 rings (SSSR count). The van der Waals surface area contributed by atoms with Crippen LogP contribution in [0.5, 0.6) is 0 Å². The highest BCUT2D eigenvalue weighted by atomic mass is 35.5. The van der Waals surface area contributed by atoms with Gasteiger partial charge < -0.3 is 4.90 Å². The van der Waals surface area contributed by atoms with E-state index in [0.29, 0.717) is 30.4 Å². The number of H-pyrrole nitrogens is 1. The van der Waals surface area contributed by atoms with Gasteiger partial charge in [-0.1, -0.05) is 17.7 Å². The van der Waals surface area contributed by atoms with Gasteiger partial charge in [0.1, 0.15) is 5.82 Å². The van der Waals surface area contributed by atoms with Crippen LogP contribution in [-0.2, 0) is 6.54 Å². The molecule has 0 spiro atoms. The Morgan fingerprint density at radius 1 is 1.29 bits per heavy atom. The number of benzene rings is 1. The minimum atomic E-state index is -0.330. The quantitative estimate of drug-likeness (QED) is 0.926. The Morgan fingerprint density at radius 2 is 2.00 bits per heavy atom. The Labute approximate surface area is 145 Å². The first-order valence-corrected chi connectivity index (χ1v) is 8.30. The van der Waals surface area contributed by atoms with E-state index < -0.39 is 0 Å². The van der Waals surface area contributed by atoms with Crippen molar-refractivity contribution in [2.75, 3.05) is 26.2 Å². The Morgan fingerprint density at radius 3 is 2.58 bits per heavy atom. The van der Waals surface area contributed by atoms with Crippen molar-refractivity contribution in [2.24, 2.45) is 0 Å². The fraction of sp³-hybridized carbons (Fsp3) is 0.412. The number of hydrogen-bond donors (Lipinski definition) is 1. The first-order chi connectivity index (χ1) is 11.5. The summed E-state index contributed by atoms with van der Waals surface area (Å²) in [6.45, 7) is 7.25. The molecule has 5 nitrogen and oxygen atoms in total. The summed E-state index contributed by atoms with van der Waals surface area (Å²) in [5, 5.41) is 7.41. The van der Waals surface area contributed by atoms with Crippen LogP contribution in [0.4, 0.5) is 4.39 Å². The van der Waals surface area contributed by atoms with E-state index in [9.17, 15) is 9.18 Å². The van der Waals surface area contributed by atoms with Crippen molar-refractivity contribution in [1.29, 1.82) is 0 Å². The van der Waals surface area contributed by atoms with Gasteiger partial charge in [0, 0.05) is 49.0 Å². The fourth-order valence-electron chi connectivity index (χ4n) is 2.84. The van der Waals surface area contributed by atoms with E-state index in [0.717, 1.165) is 29.9 Å². The van der Waals surface area contributed by atoms with Crippen LogP contribution >= 0.6 is 11.6 Å². The zero-order chi connectivity index (χ0) is 17.3. The number of nitrogens with zero attached hydrogens (tertiary/aromatic N) is 3. The third-order valence-electron chi connectivity index (χ3n) is 4.52. The van der Waals surface area contributed by atoms with Gasteiger partial charge in [0.2, 0.25) is 0 Å². The lowest BCUT2D eigenvalue weighted by Crippen LogP contribution is -2.48. The molecule has 1 N–H and O–H groups in total. The third-order valence-corrected chi connectivity index (χ3v) is 4.88. The summed E-state index contributed by atoms with van der Waals surface area (Å²) in [4.78, 5) is 16.6. The molecule has 128 valence electrons. The van der Waals surface area contributed by atoms with Crippen LogP contribution in [0.2, 0.25) is 5.02 Å². The first-order valence-electron chi connectivity index (χ1n) is 7.93. The summed E-state index contributed by atoms with van der Waals surface area (Å²) in [6, 6.07) is 4.47. The number of rotatable bonds is 3. The smallest absolute Gasteiger partial charge is 0.274 e. The molecule has 0 unspecified atom stereocenters. The number of carbonyl (C=O) groups excluding carboxylic acids is 1. The second-order valence-electron chi connectivity index (χ2n) is 6.13. The van der Waals surface area contributed by atoms with Gasteiger partial charge in [-0.15, -0.1) is 0 Å². The van der Waals surface area contributed by atoms with Crippen LogP contribution in [-0.4, -0.2) is 52.1 Å². The summed E-state index contributed by atoms with van der Waals surface area (Å²) in [5.74, 6) is -0.361. The van der Waals surface area contributed by atoms with Gasteiger partial charge in [0.25, 0.3) is 5.91 Å². The minimum absolute atomic E-state index is 0.0312. The molecule has 1 saturated heterocycles. The monoisotopic (exact) mass is 350 g/mol. The van der Waals surface area contributed by atoms with Gasteiger partial charge in [0.15, 0.2) is 5.69 Å². The molecule has 0 saturated carbocycles. The molecule has 1 fully saturated rings. The molecular formula is C17H20ClFN4O. The molecule has 2 aromatic rings. The average molecular weight is 351 g/mol. The van der Waals surface area contributed by atoms with Gasteiger partial charge in [-0.05, 0) is 31.5 Å². The van der Waals surface area contributed by atoms with Gasteiger partial charge >= 0.3 is 0 Å². The largest absolute Gasteiger partial charge is 0.335 e. The van der Waals surface area contributed by atoms with E-state index >= 15 is 0 Å². The number of amides is 1. The maximum absolute atomic E-state index is 13.1. The van der Waals surface area contributed by atoms with Gasteiger partial charge in [-0.25, -0.2) is 4.39 Å². The zero-order valence-electron chi connectivity index (χ0n) is 13.8. The maximum Gasteiger partial charge on any atom is 0.274 e. The summed E-state index contributed by atoms with van der Waals surface area (Å²) < 4.78 is 13.1. The Hall–Kier alpha value is -1.92. The second-order valence-corrected chi connectivity index (χ2v) is 6.53. The maximum atomic E-state index is 13.1. The summed E-state index contributed by atoms with van der Waals surface area (Å²) >= 11 is 6.08. The van der Waals surface area contributed by atoms with Gasteiger partial charge in [-0.2, -0.15) is 5.10 Å². The molecule has 2 heterocycles. The minimum Gasteiger partial charge on any atom is -0.335 e. The number of aromatic nitrogens is 2. The number of aromatic amines is 1. The molecule has 0 atom stereocenters. The van der Waals surface area contributed by atoms with Crippen molar-refractivity contribution in [3.05, 3.63) is 51.6 Å². The highest BCUT2D eigenvalue weighted by Crippen LogP contribution is 2.20. The summed E-state index contributed by atoms with van der Waals surface area (Å²) in [6.07, 6.45) is 0. The first kappa shape index (κ1) is 16.9. The lowest BCUT2D eigenvalue weighted by molar-refractivity contribution is 0.0622. The van der Waals surface area contributed by atoms with Crippen molar-refractivity contribution in [3.8, 4) is 0 Å². The van der Waals surface area contributed by atoms with Crippen LogP contribution < -0.4 is 0 Å². The molecule has 24 heavy (non-hydrogen) atoms.